The first kappa shape index (κ1) is 17.0. The molecule has 2 amide bonds. The largest absolute Gasteiger partial charge is 0.464 e. The van der Waals surface area contributed by atoms with Crippen molar-refractivity contribution in [2.45, 2.75) is 52.4 Å². The van der Waals surface area contributed by atoms with Crippen LogP contribution >= 0.6 is 0 Å². The second-order valence-corrected chi connectivity index (χ2v) is 5.02. The Morgan fingerprint density at radius 2 is 1.57 bits per heavy atom. The summed E-state index contributed by atoms with van der Waals surface area (Å²) in [5, 5.41) is 18.3. The zero-order chi connectivity index (χ0) is 15.8. The van der Waals surface area contributed by atoms with Crippen molar-refractivity contribution in [1.29, 1.82) is 0 Å². The maximum atomic E-state index is 11.2. The average molecular weight is 293 g/mol. The molecule has 0 aliphatic carbocycles. The molecule has 0 radical (unpaired) electrons. The molecule has 0 spiro atoms. The fraction of sp³-hybridized carbons (Fsp3) is 0.500. The fourth-order valence-corrected chi connectivity index (χ4v) is 2.36. The van der Waals surface area contributed by atoms with Gasteiger partial charge in [-0.1, -0.05) is 38.8 Å². The number of amides is 2. The molecule has 1 rings (SSSR count). The van der Waals surface area contributed by atoms with E-state index in [-0.39, 0.29) is 5.69 Å². The number of carboxylic acid groups (broad SMARTS) is 2. The summed E-state index contributed by atoms with van der Waals surface area (Å²) in [5.41, 5.74) is 2.17. The minimum atomic E-state index is -1.46. The molecule has 0 unspecified atom stereocenters. The van der Waals surface area contributed by atoms with E-state index < -0.39 is 12.2 Å². The Balaban J connectivity index is 3.27. The first-order chi connectivity index (χ1) is 10.0. The van der Waals surface area contributed by atoms with Gasteiger partial charge in [0.1, 0.15) is 0 Å². The monoisotopic (exact) mass is 293 g/mol. The number of unbranched alkanes of at least 4 members (excludes halogenated alkanes) is 2. The summed E-state index contributed by atoms with van der Waals surface area (Å²) in [6, 6.07) is 5.27. The van der Waals surface area contributed by atoms with Crippen LogP contribution in [-0.4, -0.2) is 22.4 Å². The minimum absolute atomic E-state index is 0.275. The van der Waals surface area contributed by atoms with Crippen LogP contribution in [0, 0.1) is 0 Å². The second kappa shape index (κ2) is 8.29. The number of hydrogen-bond acceptors (Lipinski definition) is 2. The summed E-state index contributed by atoms with van der Waals surface area (Å²) in [6.07, 6.45) is 2.53. The SMILES string of the molecule is CCCCc1cccc(N(C(=O)O)C(=O)O)c1CCCC. The molecule has 5 nitrogen and oxygen atoms in total. The van der Waals surface area contributed by atoms with Crippen molar-refractivity contribution in [1.82, 2.24) is 0 Å². The number of benzene rings is 1. The Bertz CT molecular complexity index is 485. The van der Waals surface area contributed by atoms with Gasteiger partial charge < -0.3 is 10.2 Å². The van der Waals surface area contributed by atoms with E-state index in [2.05, 4.69) is 13.8 Å². The zero-order valence-corrected chi connectivity index (χ0v) is 12.6. The Morgan fingerprint density at radius 3 is 2.10 bits per heavy atom. The van der Waals surface area contributed by atoms with Gasteiger partial charge in [-0.25, -0.2) is 9.59 Å². The molecule has 0 bridgehead atoms. The van der Waals surface area contributed by atoms with Gasteiger partial charge in [0.25, 0.3) is 0 Å². The third-order valence-electron chi connectivity index (χ3n) is 3.45. The maximum absolute atomic E-state index is 11.2. The highest BCUT2D eigenvalue weighted by molar-refractivity contribution is 6.08. The molecule has 21 heavy (non-hydrogen) atoms. The van der Waals surface area contributed by atoms with E-state index in [1.54, 1.807) is 12.1 Å². The van der Waals surface area contributed by atoms with Gasteiger partial charge in [0, 0.05) is 0 Å². The third kappa shape index (κ3) is 4.48. The van der Waals surface area contributed by atoms with Crippen molar-refractivity contribution in [2.24, 2.45) is 0 Å². The molecule has 2 N–H and O–H groups in total. The van der Waals surface area contributed by atoms with Crippen molar-refractivity contribution < 1.29 is 19.8 Å². The van der Waals surface area contributed by atoms with Crippen LogP contribution in [-0.2, 0) is 12.8 Å². The van der Waals surface area contributed by atoms with Gasteiger partial charge in [0.15, 0.2) is 0 Å². The lowest BCUT2D eigenvalue weighted by atomic mass is 9.96. The Hall–Kier alpha value is -2.04. The van der Waals surface area contributed by atoms with Gasteiger partial charge in [0.05, 0.1) is 5.69 Å². The summed E-state index contributed by atoms with van der Waals surface area (Å²) < 4.78 is 0. The van der Waals surface area contributed by atoms with Gasteiger partial charge in [-0.05, 0) is 42.9 Å². The molecule has 0 fully saturated rings. The highest BCUT2D eigenvalue weighted by Gasteiger charge is 2.25. The van der Waals surface area contributed by atoms with Gasteiger partial charge in [0.2, 0.25) is 0 Å². The highest BCUT2D eigenvalue weighted by atomic mass is 16.4. The highest BCUT2D eigenvalue weighted by Crippen LogP contribution is 2.27. The van der Waals surface area contributed by atoms with E-state index in [4.69, 9.17) is 10.2 Å². The van der Waals surface area contributed by atoms with E-state index in [1.807, 2.05) is 6.07 Å². The maximum Gasteiger partial charge on any atom is 0.421 e. The number of hydrogen-bond donors (Lipinski definition) is 2. The number of aryl methyl sites for hydroxylation is 1. The lowest BCUT2D eigenvalue weighted by molar-refractivity contribution is 0.184. The van der Waals surface area contributed by atoms with E-state index in [0.29, 0.717) is 11.3 Å². The van der Waals surface area contributed by atoms with Crippen LogP contribution in [0.5, 0.6) is 0 Å². The molecule has 0 aliphatic heterocycles. The average Bonchev–Trinajstić information content (AvgIpc) is 2.43. The molecule has 0 heterocycles. The quantitative estimate of drug-likeness (QED) is 0.774. The predicted octanol–water partition coefficient (Wildman–Crippen LogP) is 4.53. The van der Waals surface area contributed by atoms with Crippen LogP contribution in [0.25, 0.3) is 0 Å². The Labute approximate surface area is 125 Å². The number of anilines is 1. The molecule has 5 heteroatoms. The predicted molar refractivity (Wildman–Crippen MR) is 82.2 cm³/mol. The van der Waals surface area contributed by atoms with E-state index in [1.165, 1.54) is 0 Å². The minimum Gasteiger partial charge on any atom is -0.464 e. The molecule has 0 saturated heterocycles. The second-order valence-electron chi connectivity index (χ2n) is 5.02. The smallest absolute Gasteiger partial charge is 0.421 e. The summed E-state index contributed by atoms with van der Waals surface area (Å²) in [7, 11) is 0. The van der Waals surface area contributed by atoms with Crippen molar-refractivity contribution in [3.63, 3.8) is 0 Å². The van der Waals surface area contributed by atoms with Crippen molar-refractivity contribution in [3.8, 4) is 0 Å². The number of nitrogens with zero attached hydrogens (tertiary/aromatic N) is 1. The van der Waals surface area contributed by atoms with Crippen LogP contribution in [0.3, 0.4) is 0 Å². The summed E-state index contributed by atoms with van der Waals surface area (Å²) in [4.78, 5) is 22.9. The van der Waals surface area contributed by atoms with E-state index in [9.17, 15) is 9.59 Å². The van der Waals surface area contributed by atoms with Crippen LogP contribution in [0.2, 0.25) is 0 Å². The third-order valence-corrected chi connectivity index (χ3v) is 3.45. The fourth-order valence-electron chi connectivity index (χ4n) is 2.36. The normalized spacial score (nSPS) is 10.4. The Kier molecular flexibility index (Phi) is 6.72. The lowest BCUT2D eigenvalue weighted by Crippen LogP contribution is -2.35. The van der Waals surface area contributed by atoms with Gasteiger partial charge in [-0.2, -0.15) is 4.90 Å². The molecule has 116 valence electrons. The Morgan fingerprint density at radius 1 is 1.00 bits per heavy atom. The molecular weight excluding hydrogens is 270 g/mol. The van der Waals surface area contributed by atoms with Crippen LogP contribution < -0.4 is 4.90 Å². The van der Waals surface area contributed by atoms with Crippen molar-refractivity contribution in [3.05, 3.63) is 29.3 Å². The number of carbonyl (C=O) groups is 2. The summed E-state index contributed by atoms with van der Waals surface area (Å²) in [5.74, 6) is 0. The molecular formula is C16H23NO4. The molecule has 1 aromatic carbocycles. The number of imide groups is 1. The summed E-state index contributed by atoms with van der Waals surface area (Å²) in [6.45, 7) is 4.15. The standard InChI is InChI=1S/C16H23NO4/c1-3-5-8-12-9-7-11-14(13(12)10-6-4-2)17(15(18)19)16(20)21/h7,9,11H,3-6,8,10H2,1-2H3,(H,18,19)(H,20,21). The molecule has 0 atom stereocenters. The molecule has 1 aromatic rings. The first-order valence-corrected chi connectivity index (χ1v) is 7.39. The van der Waals surface area contributed by atoms with Gasteiger partial charge >= 0.3 is 12.2 Å². The zero-order valence-electron chi connectivity index (χ0n) is 12.6. The van der Waals surface area contributed by atoms with Crippen molar-refractivity contribution >= 4 is 17.9 Å². The topological polar surface area (TPSA) is 77.8 Å². The molecule has 0 aromatic heterocycles. The van der Waals surface area contributed by atoms with Crippen LogP contribution in [0.15, 0.2) is 18.2 Å². The van der Waals surface area contributed by atoms with E-state index in [0.717, 1.165) is 43.2 Å². The van der Waals surface area contributed by atoms with E-state index >= 15 is 0 Å². The van der Waals surface area contributed by atoms with Gasteiger partial charge in [-0.15, -0.1) is 0 Å². The first-order valence-electron chi connectivity index (χ1n) is 7.39. The van der Waals surface area contributed by atoms with Crippen LogP contribution in [0.1, 0.15) is 50.7 Å². The summed E-state index contributed by atoms with van der Waals surface area (Å²) >= 11 is 0. The van der Waals surface area contributed by atoms with Crippen molar-refractivity contribution in [2.75, 3.05) is 4.90 Å². The lowest BCUT2D eigenvalue weighted by Gasteiger charge is -2.20. The molecule has 0 aliphatic rings. The van der Waals surface area contributed by atoms with Gasteiger partial charge in [-0.3, -0.25) is 0 Å². The molecule has 0 saturated carbocycles. The van der Waals surface area contributed by atoms with Crippen LogP contribution in [0.4, 0.5) is 15.3 Å². The number of rotatable bonds is 7.